The minimum absolute atomic E-state index is 0.149. The number of nitroso groups, excluding NO2 is 1. The van der Waals surface area contributed by atoms with Crippen LogP contribution in [0.25, 0.3) is 0 Å². The SMILES string of the molecule is COC(=O)CCCCCCCCCCNOC(CO)C(N=O)C(O)C(C)O. The van der Waals surface area contributed by atoms with Gasteiger partial charge in [-0.25, -0.2) is 5.48 Å². The summed E-state index contributed by atoms with van der Waals surface area (Å²) >= 11 is 0. The average molecular weight is 392 g/mol. The van der Waals surface area contributed by atoms with Crippen LogP contribution in [0.1, 0.15) is 64.7 Å². The molecule has 0 heterocycles. The summed E-state index contributed by atoms with van der Waals surface area (Å²) in [5.74, 6) is -0.149. The molecule has 0 aliphatic carbocycles. The third-order valence-corrected chi connectivity index (χ3v) is 4.40. The van der Waals surface area contributed by atoms with Gasteiger partial charge in [0, 0.05) is 13.0 Å². The molecule has 0 saturated heterocycles. The first-order chi connectivity index (χ1) is 13.0. The van der Waals surface area contributed by atoms with E-state index in [0.717, 1.165) is 51.4 Å². The highest BCUT2D eigenvalue weighted by Crippen LogP contribution is 2.12. The van der Waals surface area contributed by atoms with Gasteiger partial charge in [0.25, 0.3) is 0 Å². The number of methoxy groups -OCH3 is 1. The fourth-order valence-corrected chi connectivity index (χ4v) is 2.65. The van der Waals surface area contributed by atoms with Crippen LogP contribution in [0.3, 0.4) is 0 Å². The van der Waals surface area contributed by atoms with Crippen LogP contribution in [0.4, 0.5) is 0 Å². The Bertz CT molecular complexity index is 383. The Kier molecular flexibility index (Phi) is 16.3. The van der Waals surface area contributed by atoms with Crippen LogP contribution in [-0.4, -0.2) is 65.9 Å². The molecule has 0 radical (unpaired) electrons. The number of aliphatic hydroxyl groups is 3. The first-order valence-electron chi connectivity index (χ1n) is 9.72. The van der Waals surface area contributed by atoms with Crippen LogP contribution in [0, 0.1) is 4.91 Å². The third kappa shape index (κ3) is 12.8. The number of nitrogens with one attached hydrogen (secondary N) is 1. The molecule has 9 nitrogen and oxygen atoms in total. The van der Waals surface area contributed by atoms with Crippen LogP contribution in [-0.2, 0) is 14.4 Å². The number of hydrogen-bond acceptors (Lipinski definition) is 9. The lowest BCUT2D eigenvalue weighted by molar-refractivity contribution is -0.140. The maximum Gasteiger partial charge on any atom is 0.305 e. The van der Waals surface area contributed by atoms with Crippen molar-refractivity contribution in [3.63, 3.8) is 0 Å². The molecule has 9 heteroatoms. The second-order valence-corrected chi connectivity index (χ2v) is 6.71. The summed E-state index contributed by atoms with van der Waals surface area (Å²) in [6.07, 6.45) is 5.23. The number of ether oxygens (including phenoxy) is 1. The lowest BCUT2D eigenvalue weighted by atomic mass is 10.0. The Morgan fingerprint density at radius 1 is 1.04 bits per heavy atom. The van der Waals surface area contributed by atoms with Crippen molar-refractivity contribution in [2.45, 2.75) is 89.1 Å². The largest absolute Gasteiger partial charge is 0.469 e. The van der Waals surface area contributed by atoms with Crippen molar-refractivity contribution in [2.24, 2.45) is 5.18 Å². The Morgan fingerprint density at radius 3 is 2.07 bits per heavy atom. The van der Waals surface area contributed by atoms with E-state index in [1.165, 1.54) is 14.0 Å². The Hall–Kier alpha value is -1.13. The fourth-order valence-electron chi connectivity index (χ4n) is 2.65. The Balaban J connectivity index is 3.64. The van der Waals surface area contributed by atoms with Gasteiger partial charge in [-0.2, -0.15) is 4.91 Å². The number of rotatable bonds is 18. The fraction of sp³-hybridized carbons (Fsp3) is 0.944. The molecule has 0 aliphatic rings. The van der Waals surface area contributed by atoms with Gasteiger partial charge in [0.2, 0.25) is 0 Å². The van der Waals surface area contributed by atoms with Gasteiger partial charge in [-0.1, -0.05) is 43.7 Å². The normalized spacial score (nSPS) is 15.7. The highest BCUT2D eigenvalue weighted by molar-refractivity contribution is 5.68. The van der Waals surface area contributed by atoms with E-state index >= 15 is 0 Å². The van der Waals surface area contributed by atoms with Crippen LogP contribution in [0.5, 0.6) is 0 Å². The van der Waals surface area contributed by atoms with Crippen LogP contribution >= 0.6 is 0 Å². The molecule has 0 rings (SSSR count). The first kappa shape index (κ1) is 25.9. The quantitative estimate of drug-likeness (QED) is 0.119. The van der Waals surface area contributed by atoms with Gasteiger partial charge in [-0.05, 0) is 19.8 Å². The molecule has 0 fully saturated rings. The maximum absolute atomic E-state index is 11.0. The topological polar surface area (TPSA) is 138 Å². The number of carbonyl (C=O) groups is 1. The predicted molar refractivity (Wildman–Crippen MR) is 101 cm³/mol. The van der Waals surface area contributed by atoms with Crippen molar-refractivity contribution in [1.29, 1.82) is 0 Å². The van der Waals surface area contributed by atoms with E-state index in [1.807, 2.05) is 0 Å². The van der Waals surface area contributed by atoms with E-state index in [4.69, 9.17) is 4.84 Å². The standard InChI is InChI=1S/C18H36N2O7/c1-14(22)18(24)17(20-25)15(13-21)27-19-12-10-8-6-4-3-5-7-9-11-16(23)26-2/h14-15,17-19,21-22,24H,3-13H2,1-2H3. The van der Waals surface area contributed by atoms with Gasteiger partial charge in [-0.3, -0.25) is 9.63 Å². The molecule has 4 N–H and O–H groups in total. The molecule has 0 saturated carbocycles. The van der Waals surface area contributed by atoms with Gasteiger partial charge in [0.05, 0.1) is 19.8 Å². The van der Waals surface area contributed by atoms with E-state index in [2.05, 4.69) is 15.4 Å². The first-order valence-corrected chi connectivity index (χ1v) is 9.72. The summed E-state index contributed by atoms with van der Waals surface area (Å²) in [6, 6.07) is -1.25. The van der Waals surface area contributed by atoms with E-state index in [1.54, 1.807) is 0 Å². The summed E-state index contributed by atoms with van der Waals surface area (Å²) in [5, 5.41) is 31.1. The molecule has 0 aromatic carbocycles. The minimum atomic E-state index is -1.39. The molecule has 0 spiro atoms. The van der Waals surface area contributed by atoms with Crippen molar-refractivity contribution in [1.82, 2.24) is 5.48 Å². The van der Waals surface area contributed by atoms with Gasteiger partial charge in [0.15, 0.2) is 6.04 Å². The summed E-state index contributed by atoms with van der Waals surface area (Å²) in [7, 11) is 1.41. The molecular formula is C18H36N2O7. The second kappa shape index (κ2) is 17.0. The molecule has 0 aliphatic heterocycles. The molecule has 0 aromatic heterocycles. The average Bonchev–Trinajstić information content (AvgIpc) is 2.67. The molecule has 160 valence electrons. The van der Waals surface area contributed by atoms with Crippen molar-refractivity contribution < 1.29 is 29.7 Å². The van der Waals surface area contributed by atoms with Crippen molar-refractivity contribution in [2.75, 3.05) is 20.3 Å². The van der Waals surface area contributed by atoms with Crippen LogP contribution < -0.4 is 5.48 Å². The van der Waals surface area contributed by atoms with E-state index < -0.39 is 31.0 Å². The molecule has 27 heavy (non-hydrogen) atoms. The number of carbonyl (C=O) groups excluding carboxylic acids is 1. The van der Waals surface area contributed by atoms with Gasteiger partial charge in [-0.15, -0.1) is 0 Å². The Morgan fingerprint density at radius 2 is 1.59 bits per heavy atom. The molecule has 4 unspecified atom stereocenters. The number of esters is 1. The van der Waals surface area contributed by atoms with Gasteiger partial charge >= 0.3 is 5.97 Å². The number of unbranched alkanes of at least 4 members (excludes halogenated alkanes) is 7. The van der Waals surface area contributed by atoms with Crippen molar-refractivity contribution in [3.05, 3.63) is 4.91 Å². The zero-order valence-corrected chi connectivity index (χ0v) is 16.5. The summed E-state index contributed by atoms with van der Waals surface area (Å²) in [6.45, 7) is 1.39. The van der Waals surface area contributed by atoms with Gasteiger partial charge < -0.3 is 20.1 Å². The minimum Gasteiger partial charge on any atom is -0.469 e. The zero-order valence-electron chi connectivity index (χ0n) is 16.5. The van der Waals surface area contributed by atoms with Crippen LogP contribution in [0.2, 0.25) is 0 Å². The summed E-state index contributed by atoms with van der Waals surface area (Å²) in [5.41, 5.74) is 2.68. The highest BCUT2D eigenvalue weighted by atomic mass is 16.7. The smallest absolute Gasteiger partial charge is 0.305 e. The predicted octanol–water partition coefficient (Wildman–Crippen LogP) is 1.43. The van der Waals surface area contributed by atoms with Gasteiger partial charge in [0.1, 0.15) is 12.2 Å². The van der Waals surface area contributed by atoms with E-state index in [9.17, 15) is 25.0 Å². The highest BCUT2D eigenvalue weighted by Gasteiger charge is 2.33. The number of hydroxylamine groups is 1. The van der Waals surface area contributed by atoms with Crippen molar-refractivity contribution >= 4 is 5.97 Å². The van der Waals surface area contributed by atoms with Crippen molar-refractivity contribution in [3.8, 4) is 0 Å². The number of nitrogens with zero attached hydrogens (tertiary/aromatic N) is 1. The number of aliphatic hydroxyl groups excluding tert-OH is 3. The second-order valence-electron chi connectivity index (χ2n) is 6.71. The summed E-state index contributed by atoms with van der Waals surface area (Å²) in [4.78, 5) is 27.0. The molecule has 0 amide bonds. The van der Waals surface area contributed by atoms with Crippen LogP contribution in [0.15, 0.2) is 5.18 Å². The lowest BCUT2D eigenvalue weighted by Crippen LogP contribution is -2.46. The maximum atomic E-state index is 11.0. The molecular weight excluding hydrogens is 356 g/mol. The molecule has 4 atom stereocenters. The molecule has 0 bridgehead atoms. The lowest BCUT2D eigenvalue weighted by Gasteiger charge is -2.25. The van der Waals surface area contributed by atoms with E-state index in [-0.39, 0.29) is 5.97 Å². The third-order valence-electron chi connectivity index (χ3n) is 4.40. The molecule has 0 aromatic rings. The van der Waals surface area contributed by atoms with E-state index in [0.29, 0.717) is 13.0 Å². The summed E-state index contributed by atoms with van der Waals surface area (Å²) < 4.78 is 4.59. The zero-order chi connectivity index (χ0) is 20.5. The number of hydrogen-bond donors (Lipinski definition) is 4. The monoisotopic (exact) mass is 392 g/mol. The Labute approximate surface area is 161 Å².